The number of carbonyl (C=O) groups is 8. The van der Waals surface area contributed by atoms with E-state index in [0.29, 0.717) is 58.0 Å². The minimum atomic E-state index is -1.15. The maximum Gasteiger partial charge on any atom is 0.326 e. The van der Waals surface area contributed by atoms with Gasteiger partial charge in [0.2, 0.25) is 29.5 Å². The van der Waals surface area contributed by atoms with Gasteiger partial charge in [0.1, 0.15) is 24.2 Å². The molecule has 12 N–H and O–H groups in total. The number of aliphatic imine (C=N–C) groups is 1. The van der Waals surface area contributed by atoms with Crippen LogP contribution in [0.2, 0.25) is 0 Å². The predicted molar refractivity (Wildman–Crippen MR) is 208 cm³/mol. The first-order chi connectivity index (χ1) is 26.8. The molecule has 5 amide bonds. The zero-order chi connectivity index (χ0) is 43.2. The van der Waals surface area contributed by atoms with Gasteiger partial charge in [0.15, 0.2) is 5.96 Å². The van der Waals surface area contributed by atoms with Crippen LogP contribution >= 0.6 is 0 Å². The van der Waals surface area contributed by atoms with E-state index < -0.39 is 77.7 Å². The first-order valence-corrected chi connectivity index (χ1v) is 18.8. The van der Waals surface area contributed by atoms with Crippen LogP contribution in [0, 0.1) is 5.92 Å². The highest BCUT2D eigenvalue weighted by Crippen LogP contribution is 2.22. The minimum absolute atomic E-state index is 0.0561. The van der Waals surface area contributed by atoms with Gasteiger partial charge in [-0.2, -0.15) is 0 Å². The number of carbonyl (C=O) groups excluding carboxylic acids is 5. The summed E-state index contributed by atoms with van der Waals surface area (Å²) in [4.78, 5) is 103. The first-order valence-electron chi connectivity index (χ1n) is 18.8. The summed E-state index contributed by atoms with van der Waals surface area (Å²) in [5.74, 6) is -5.71. The quantitative estimate of drug-likeness (QED) is 0.0518. The molecule has 3 rings (SSSR count). The molecule has 0 radical (unpaired) electrons. The molecule has 2 aliphatic rings. The van der Waals surface area contributed by atoms with E-state index in [4.69, 9.17) is 37.0 Å². The molecule has 1 aromatic carbocycles. The van der Waals surface area contributed by atoms with Crippen LogP contribution in [0.4, 0.5) is 0 Å². The Bertz CT molecular complexity index is 1540. The van der Waals surface area contributed by atoms with Crippen LogP contribution in [0.15, 0.2) is 35.3 Å². The predicted octanol–water partition coefficient (Wildman–Crippen LogP) is -1.01. The lowest BCUT2D eigenvalue weighted by atomic mass is 9.98. The fraction of sp³-hybridized carbons (Fsp3) is 0.595. The van der Waals surface area contributed by atoms with Gasteiger partial charge in [-0.3, -0.25) is 38.6 Å². The van der Waals surface area contributed by atoms with Gasteiger partial charge < -0.3 is 58.3 Å². The van der Waals surface area contributed by atoms with E-state index in [1.54, 1.807) is 6.92 Å². The molecule has 2 fully saturated rings. The van der Waals surface area contributed by atoms with Gasteiger partial charge in [0.05, 0.1) is 12.6 Å². The molecular weight excluding hydrogens is 746 g/mol. The lowest BCUT2D eigenvalue weighted by Gasteiger charge is -2.31. The summed E-state index contributed by atoms with van der Waals surface area (Å²) < 4.78 is 0. The number of nitrogens with two attached hydrogens (primary N) is 3. The molecule has 0 unspecified atom stereocenters. The molecule has 1 aromatic rings. The number of carboxylic acids is 3. The van der Waals surface area contributed by atoms with Crippen LogP contribution in [-0.4, -0.2) is 135 Å². The Labute approximate surface area is 332 Å². The molecule has 0 aliphatic carbocycles. The molecule has 2 heterocycles. The molecule has 0 bridgehead atoms. The molecule has 0 aromatic heterocycles. The first kappa shape index (κ1) is 49.2. The van der Waals surface area contributed by atoms with Crippen molar-refractivity contribution in [3.05, 3.63) is 35.9 Å². The minimum Gasteiger partial charge on any atom is -0.481 e. The number of hydrogen-bond acceptors (Lipinski definition) is 10. The van der Waals surface area contributed by atoms with E-state index >= 15 is 0 Å². The molecule has 20 nitrogen and oxygen atoms in total. The number of rotatable bonds is 17. The van der Waals surface area contributed by atoms with E-state index in [0.717, 1.165) is 19.4 Å². The SMILES string of the molecule is CC(=O)O.CC(=O)O.CC[C@H](C)[C@H](NC(=O)[C@@H]1CCCN1C(=O)[C@H](Cc1ccccc1)NC(=O)[C@@H]1CCCN1C(=O)CNC(=O)[C@@H](N)CCCN=C(N)N)C(=O)O. The third-order valence-corrected chi connectivity index (χ3v) is 9.11. The maximum absolute atomic E-state index is 14.1. The Hall–Kier alpha value is -5.79. The average molecular weight is 806 g/mol. The Morgan fingerprint density at radius 3 is 1.91 bits per heavy atom. The Balaban J connectivity index is 0.00000185. The van der Waals surface area contributed by atoms with Crippen molar-refractivity contribution in [2.24, 2.45) is 28.1 Å². The highest BCUT2D eigenvalue weighted by atomic mass is 16.4. The lowest BCUT2D eigenvalue weighted by molar-refractivity contribution is -0.146. The molecule has 57 heavy (non-hydrogen) atoms. The largest absolute Gasteiger partial charge is 0.481 e. The Morgan fingerprint density at radius 2 is 1.39 bits per heavy atom. The zero-order valence-electron chi connectivity index (χ0n) is 33.0. The van der Waals surface area contributed by atoms with Crippen molar-refractivity contribution in [3.8, 4) is 0 Å². The topological polar surface area (TPSA) is 330 Å². The Kier molecular flexibility index (Phi) is 21.9. The van der Waals surface area contributed by atoms with Gasteiger partial charge in [0, 0.05) is 39.9 Å². The zero-order valence-corrected chi connectivity index (χ0v) is 33.0. The summed E-state index contributed by atoms with van der Waals surface area (Å²) in [5.41, 5.74) is 17.3. The highest BCUT2D eigenvalue weighted by molar-refractivity contribution is 5.96. The fourth-order valence-corrected chi connectivity index (χ4v) is 6.14. The molecule has 2 aliphatic heterocycles. The van der Waals surface area contributed by atoms with Crippen molar-refractivity contribution in [3.63, 3.8) is 0 Å². The number of hydrogen-bond donors (Lipinski definition) is 9. The van der Waals surface area contributed by atoms with Crippen LogP contribution in [0.1, 0.15) is 78.2 Å². The number of guanidine groups is 1. The van der Waals surface area contributed by atoms with Gasteiger partial charge in [-0.15, -0.1) is 0 Å². The average Bonchev–Trinajstić information content (AvgIpc) is 3.84. The van der Waals surface area contributed by atoms with Crippen LogP contribution in [-0.2, 0) is 44.8 Å². The number of nitrogens with one attached hydrogen (secondary N) is 3. The second-order valence-corrected chi connectivity index (χ2v) is 13.7. The summed E-state index contributed by atoms with van der Waals surface area (Å²) in [6.07, 6.45) is 3.26. The van der Waals surface area contributed by atoms with Gasteiger partial charge >= 0.3 is 5.97 Å². The van der Waals surface area contributed by atoms with Crippen LogP contribution < -0.4 is 33.2 Å². The van der Waals surface area contributed by atoms with E-state index in [9.17, 15) is 33.9 Å². The van der Waals surface area contributed by atoms with Crippen molar-refractivity contribution >= 4 is 53.4 Å². The smallest absolute Gasteiger partial charge is 0.326 e. The van der Waals surface area contributed by atoms with E-state index in [-0.39, 0.29) is 31.4 Å². The monoisotopic (exact) mass is 805 g/mol. The summed E-state index contributed by atoms with van der Waals surface area (Å²) in [6.45, 7) is 6.26. The standard InChI is InChI=1S/C33H51N9O7.2C2H4O2/c1-3-20(2)27(32(48)49)40-30(46)25-14-9-17-42(25)31(47)23(18-21-10-5-4-6-11-21)39-29(45)24-13-8-16-41(24)26(43)19-38-28(44)22(34)12-7-15-37-33(35)36;2*1-2(3)4/h4-6,10-11,20,22-25,27H,3,7-9,12-19,34H2,1-2H3,(H,38,44)(H,39,45)(H,40,46)(H,48,49)(H4,35,36,37);2*1H3,(H,3,4)/t20-,22-,23-,24-,25-,27-;;/m0../s1. The number of aliphatic carboxylic acids is 3. The van der Waals surface area contributed by atoms with Gasteiger partial charge in [-0.1, -0.05) is 50.6 Å². The second kappa shape index (κ2) is 25.4. The number of carboxylic acid groups (broad SMARTS) is 3. The van der Waals surface area contributed by atoms with E-state index in [1.807, 2.05) is 37.3 Å². The second-order valence-electron chi connectivity index (χ2n) is 13.7. The van der Waals surface area contributed by atoms with E-state index in [1.165, 1.54) is 9.80 Å². The summed E-state index contributed by atoms with van der Waals surface area (Å²) >= 11 is 0. The van der Waals surface area contributed by atoms with Crippen molar-refractivity contribution in [2.45, 2.75) is 109 Å². The van der Waals surface area contributed by atoms with E-state index in [2.05, 4.69) is 20.9 Å². The molecule has 20 heteroatoms. The molecule has 318 valence electrons. The summed E-state index contributed by atoms with van der Waals surface area (Å²) in [7, 11) is 0. The van der Waals surface area contributed by atoms with Gasteiger partial charge in [-0.05, 0) is 50.0 Å². The van der Waals surface area contributed by atoms with Crippen molar-refractivity contribution < 1.29 is 53.7 Å². The highest BCUT2D eigenvalue weighted by Gasteiger charge is 2.41. The number of benzene rings is 1. The molecule has 2 saturated heterocycles. The molecule has 6 atom stereocenters. The fourth-order valence-electron chi connectivity index (χ4n) is 6.14. The molecular formula is C37H59N9O11. The Morgan fingerprint density at radius 1 is 0.860 bits per heavy atom. The molecule has 0 spiro atoms. The van der Waals surface area contributed by atoms with Crippen LogP contribution in [0.3, 0.4) is 0 Å². The third-order valence-electron chi connectivity index (χ3n) is 9.11. The number of amides is 5. The number of nitrogens with zero attached hydrogens (tertiary/aromatic N) is 3. The van der Waals surface area contributed by atoms with Gasteiger partial charge in [0.25, 0.3) is 11.9 Å². The lowest BCUT2D eigenvalue weighted by Crippen LogP contribution is -2.58. The normalized spacial score (nSPS) is 17.8. The van der Waals surface area contributed by atoms with Crippen LogP contribution in [0.25, 0.3) is 0 Å². The maximum atomic E-state index is 14.1. The van der Waals surface area contributed by atoms with Crippen LogP contribution in [0.5, 0.6) is 0 Å². The van der Waals surface area contributed by atoms with Crippen molar-refractivity contribution in [2.75, 3.05) is 26.2 Å². The molecule has 0 saturated carbocycles. The third kappa shape index (κ3) is 18.1. The summed E-state index contributed by atoms with van der Waals surface area (Å²) in [5, 5.41) is 32.5. The number of likely N-dealkylation sites (tertiary alicyclic amines) is 2. The van der Waals surface area contributed by atoms with Crippen molar-refractivity contribution in [1.29, 1.82) is 0 Å². The van der Waals surface area contributed by atoms with Gasteiger partial charge in [-0.25, -0.2) is 4.79 Å². The summed E-state index contributed by atoms with van der Waals surface area (Å²) in [6, 6.07) is 4.32. The van der Waals surface area contributed by atoms with Crippen molar-refractivity contribution in [1.82, 2.24) is 25.8 Å².